The average molecular weight is 589 g/mol. The van der Waals surface area contributed by atoms with Crippen LogP contribution in [0.1, 0.15) is 11.1 Å². The first-order valence-corrected chi connectivity index (χ1v) is 15.2. The molecule has 0 aliphatic heterocycles. The molecule has 0 fully saturated rings. The summed E-state index contributed by atoms with van der Waals surface area (Å²) < 4.78 is 0. The van der Waals surface area contributed by atoms with Gasteiger partial charge in [0, 0.05) is 0 Å². The van der Waals surface area contributed by atoms with Crippen LogP contribution in [0.4, 0.5) is 11.6 Å². The summed E-state index contributed by atoms with van der Waals surface area (Å²) in [6.07, 6.45) is 4.01. The Morgan fingerprint density at radius 3 is 1.43 bits per heavy atom. The second kappa shape index (κ2) is 14.5. The van der Waals surface area contributed by atoms with Crippen molar-refractivity contribution in [1.29, 1.82) is 0 Å². The van der Waals surface area contributed by atoms with E-state index in [4.69, 9.17) is 11.5 Å². The third-order valence-corrected chi connectivity index (χ3v) is 11.4. The van der Waals surface area contributed by atoms with E-state index in [1.807, 2.05) is 0 Å². The molecule has 0 aliphatic carbocycles. The number of carboxylic acids is 2. The quantitative estimate of drug-likeness (QED) is 0.229. The van der Waals surface area contributed by atoms with Crippen molar-refractivity contribution in [2.24, 2.45) is 11.8 Å². The molecule has 2 heterocycles. The van der Waals surface area contributed by atoms with Crippen LogP contribution in [0.3, 0.4) is 0 Å². The van der Waals surface area contributed by atoms with Crippen molar-refractivity contribution < 1.29 is 19.8 Å². The number of nitrogens with zero attached hydrogens (tertiary/aromatic N) is 2. The van der Waals surface area contributed by atoms with Gasteiger partial charge in [-0.15, -0.1) is 24.8 Å². The van der Waals surface area contributed by atoms with Crippen LogP contribution in [0, 0.1) is 11.8 Å². The normalized spacial score (nSPS) is 12.1. The number of rotatable bonds is 11. The number of halogens is 2. The molecule has 6 N–H and O–H groups in total. The number of hydrogen-bond acceptors (Lipinski definition) is 6. The van der Waals surface area contributed by atoms with E-state index in [0.717, 1.165) is 11.1 Å². The Kier molecular flexibility index (Phi) is 13.7. The molecule has 2 aromatic heterocycles. The monoisotopic (exact) mass is 590 g/mol. The van der Waals surface area contributed by atoms with Crippen molar-refractivity contribution in [3.63, 3.8) is 0 Å². The van der Waals surface area contributed by atoms with Gasteiger partial charge < -0.3 is 0 Å². The third-order valence-electron chi connectivity index (χ3n) is 3.98. The molecule has 0 radical (unpaired) electrons. The maximum atomic E-state index is 11.5. The molecule has 0 spiro atoms. The Morgan fingerprint density at radius 2 is 1.17 bits per heavy atom. The molecule has 30 heavy (non-hydrogen) atoms. The molecule has 0 amide bonds. The van der Waals surface area contributed by atoms with Crippen LogP contribution in [-0.2, 0) is 22.4 Å². The van der Waals surface area contributed by atoms with E-state index in [1.54, 1.807) is 36.7 Å². The summed E-state index contributed by atoms with van der Waals surface area (Å²) in [5.41, 5.74) is 12.8. The summed E-state index contributed by atoms with van der Waals surface area (Å²) in [6, 6.07) is 6.90. The van der Waals surface area contributed by atoms with Gasteiger partial charge in [-0.25, -0.2) is 0 Å². The van der Waals surface area contributed by atoms with Crippen molar-refractivity contribution in [3.8, 4) is 0 Å². The molecular weight excluding hydrogens is 565 g/mol. The summed E-state index contributed by atoms with van der Waals surface area (Å²) in [5.74, 6) is -1.85. The number of nitrogen functional groups attached to an aromatic ring is 2. The predicted molar refractivity (Wildman–Crippen MR) is 123 cm³/mol. The van der Waals surface area contributed by atoms with E-state index in [1.165, 1.54) is 0 Å². The van der Waals surface area contributed by atoms with Crippen LogP contribution in [-0.4, -0.2) is 58.4 Å². The average Bonchev–Trinajstić information content (AvgIpc) is 2.66. The molecule has 0 saturated heterocycles. The fraction of sp³-hybridized carbons (Fsp3) is 0.333. The van der Waals surface area contributed by atoms with Gasteiger partial charge in [0.15, 0.2) is 0 Å². The molecule has 2 atom stereocenters. The zero-order chi connectivity index (χ0) is 20.5. The molecule has 0 bridgehead atoms. The van der Waals surface area contributed by atoms with E-state index >= 15 is 0 Å². The van der Waals surface area contributed by atoms with Gasteiger partial charge in [0.2, 0.25) is 0 Å². The molecule has 12 heteroatoms. The molecule has 0 aliphatic rings. The topological polar surface area (TPSA) is 152 Å². The Bertz CT molecular complexity index is 730. The van der Waals surface area contributed by atoms with Crippen LogP contribution in [0.15, 0.2) is 36.7 Å². The van der Waals surface area contributed by atoms with Gasteiger partial charge in [0.05, 0.1) is 0 Å². The van der Waals surface area contributed by atoms with Crippen LogP contribution in [0.5, 0.6) is 0 Å². The van der Waals surface area contributed by atoms with Crippen LogP contribution in [0.25, 0.3) is 0 Å². The van der Waals surface area contributed by atoms with E-state index in [-0.39, 0.29) is 51.1 Å². The predicted octanol–water partition coefficient (Wildman–Crippen LogP) is 1.83. The minimum absolute atomic E-state index is 0. The number of aliphatic carboxylic acids is 2. The molecule has 0 saturated carbocycles. The maximum absolute atomic E-state index is 11.5. The summed E-state index contributed by atoms with van der Waals surface area (Å²) in [6.45, 7) is 0. The van der Waals surface area contributed by atoms with E-state index in [2.05, 4.69) is 9.97 Å². The number of pyridine rings is 2. The SMILES string of the molecule is Cl.Cl.Nc1ccc(CC(C[Se][Se]CC(Cc2ccc(N)nc2)C(=O)O)C(=O)O)cn1. The number of hydrogen-bond donors (Lipinski definition) is 4. The first kappa shape index (κ1) is 28.5. The third kappa shape index (κ3) is 9.98. The van der Waals surface area contributed by atoms with Crippen LogP contribution >= 0.6 is 24.8 Å². The first-order chi connectivity index (χ1) is 13.3. The minimum atomic E-state index is -0.836. The number of nitrogens with two attached hydrogens (primary N) is 2. The van der Waals surface area contributed by atoms with E-state index in [9.17, 15) is 19.8 Å². The van der Waals surface area contributed by atoms with Gasteiger partial charge in [0.1, 0.15) is 0 Å². The summed E-state index contributed by atoms with van der Waals surface area (Å²) in [5, 5.41) is 20.1. The van der Waals surface area contributed by atoms with Gasteiger partial charge in [-0.1, -0.05) is 0 Å². The Hall–Kier alpha value is -1.54. The molecule has 8 nitrogen and oxygen atoms in total. The zero-order valence-corrected chi connectivity index (χ0v) is 20.9. The van der Waals surface area contributed by atoms with Gasteiger partial charge in [-0.3, -0.25) is 0 Å². The van der Waals surface area contributed by atoms with Gasteiger partial charge in [-0.05, 0) is 0 Å². The number of anilines is 2. The van der Waals surface area contributed by atoms with E-state index < -0.39 is 23.8 Å². The van der Waals surface area contributed by atoms with Gasteiger partial charge in [0.25, 0.3) is 0 Å². The van der Waals surface area contributed by atoms with Crippen LogP contribution in [0.2, 0.25) is 10.6 Å². The number of carboxylic acid groups (broad SMARTS) is 2. The fourth-order valence-electron chi connectivity index (χ4n) is 2.38. The Balaban J connectivity index is 0.00000420. The number of aromatic nitrogens is 2. The number of carbonyl (C=O) groups is 2. The van der Waals surface area contributed by atoms with E-state index in [0.29, 0.717) is 35.1 Å². The van der Waals surface area contributed by atoms with Crippen molar-refractivity contribution in [1.82, 2.24) is 9.97 Å². The second-order valence-electron chi connectivity index (χ2n) is 6.23. The Morgan fingerprint density at radius 1 is 0.800 bits per heavy atom. The molecule has 2 rings (SSSR count). The van der Waals surface area contributed by atoms with Gasteiger partial charge >= 0.3 is 174 Å². The molecular formula is C18H24Cl2N4O4Se2. The molecule has 166 valence electrons. The molecule has 2 unspecified atom stereocenters. The zero-order valence-electron chi connectivity index (χ0n) is 15.8. The van der Waals surface area contributed by atoms with Crippen LogP contribution < -0.4 is 11.5 Å². The van der Waals surface area contributed by atoms with Gasteiger partial charge in [-0.2, -0.15) is 0 Å². The Labute approximate surface area is 198 Å². The summed E-state index contributed by atoms with van der Waals surface area (Å²) in [7, 11) is 0. The second-order valence-corrected chi connectivity index (χ2v) is 13.8. The summed E-state index contributed by atoms with van der Waals surface area (Å²) in [4.78, 5) is 31.1. The van der Waals surface area contributed by atoms with Crippen molar-refractivity contribution in [2.75, 3.05) is 11.5 Å². The van der Waals surface area contributed by atoms with Crippen molar-refractivity contribution in [2.45, 2.75) is 23.5 Å². The molecule has 0 aromatic carbocycles. The fourth-order valence-corrected chi connectivity index (χ4v) is 10.2. The molecule has 2 aromatic rings. The van der Waals surface area contributed by atoms with Crippen molar-refractivity contribution in [3.05, 3.63) is 47.8 Å². The first-order valence-electron chi connectivity index (χ1n) is 8.46. The van der Waals surface area contributed by atoms with Crippen molar-refractivity contribution >= 4 is 74.7 Å². The summed E-state index contributed by atoms with van der Waals surface area (Å²) >= 11 is 0.203. The standard InChI is InChI=1S/C18H22N4O4Se2.2ClH/c19-15-3-1-11(7-21-15)5-13(17(23)24)9-27-28-10-14(18(25)26)6-12-2-4-16(20)22-8-12;;/h1-4,7-8,13-14H,5-6,9-10H2,(H2,19,21)(H2,20,22)(H,23,24)(H,25,26);2*1H.